The van der Waals surface area contributed by atoms with E-state index in [4.69, 9.17) is 0 Å². The van der Waals surface area contributed by atoms with E-state index in [2.05, 4.69) is 18.7 Å². The lowest BCUT2D eigenvalue weighted by Gasteiger charge is -2.40. The molecule has 2 unspecified atom stereocenters. The van der Waals surface area contributed by atoms with Gasteiger partial charge in [-0.3, -0.25) is 4.90 Å². The van der Waals surface area contributed by atoms with Gasteiger partial charge < -0.3 is 15.3 Å². The van der Waals surface area contributed by atoms with Crippen LogP contribution in [0.3, 0.4) is 0 Å². The van der Waals surface area contributed by atoms with Gasteiger partial charge in [0.2, 0.25) is 0 Å². The Balaban J connectivity index is 1.77. The zero-order valence-electron chi connectivity index (χ0n) is 12.2. The van der Waals surface area contributed by atoms with Gasteiger partial charge in [-0.15, -0.1) is 0 Å². The Labute approximate surface area is 116 Å². The van der Waals surface area contributed by atoms with Gasteiger partial charge in [0.15, 0.2) is 0 Å². The van der Waals surface area contributed by atoms with Crippen molar-refractivity contribution in [3.05, 3.63) is 0 Å². The van der Waals surface area contributed by atoms with Crippen LogP contribution in [0.1, 0.15) is 39.5 Å². The van der Waals surface area contributed by atoms with Gasteiger partial charge in [0.05, 0.1) is 12.2 Å². The first-order valence-electron chi connectivity index (χ1n) is 7.74. The molecule has 4 heteroatoms. The van der Waals surface area contributed by atoms with Crippen molar-refractivity contribution in [2.24, 2.45) is 17.8 Å². The Bertz CT molecular complexity index is 265. The molecule has 0 aromatic carbocycles. The SMILES string of the molecule is CC(C)C1CCC(CN2CC(O)C(O)C(O)C2)CC1. The largest absolute Gasteiger partial charge is 0.389 e. The monoisotopic (exact) mass is 271 g/mol. The van der Waals surface area contributed by atoms with Crippen molar-refractivity contribution >= 4 is 0 Å². The van der Waals surface area contributed by atoms with Gasteiger partial charge in [-0.2, -0.15) is 0 Å². The number of aliphatic hydroxyl groups excluding tert-OH is 3. The van der Waals surface area contributed by atoms with Gasteiger partial charge in [0, 0.05) is 19.6 Å². The summed E-state index contributed by atoms with van der Waals surface area (Å²) in [6.45, 7) is 6.55. The van der Waals surface area contributed by atoms with Crippen molar-refractivity contribution in [1.82, 2.24) is 4.90 Å². The van der Waals surface area contributed by atoms with E-state index in [0.717, 1.165) is 18.4 Å². The number of hydrogen-bond acceptors (Lipinski definition) is 4. The van der Waals surface area contributed by atoms with Crippen molar-refractivity contribution < 1.29 is 15.3 Å². The van der Waals surface area contributed by atoms with Crippen LogP contribution in [0.2, 0.25) is 0 Å². The van der Waals surface area contributed by atoms with Crippen LogP contribution in [0.25, 0.3) is 0 Å². The summed E-state index contributed by atoms with van der Waals surface area (Å²) >= 11 is 0. The molecule has 1 aliphatic carbocycles. The quantitative estimate of drug-likeness (QED) is 0.712. The van der Waals surface area contributed by atoms with Crippen LogP contribution in [0.4, 0.5) is 0 Å². The van der Waals surface area contributed by atoms with Crippen LogP contribution in [-0.4, -0.2) is 58.2 Å². The van der Waals surface area contributed by atoms with E-state index in [0.29, 0.717) is 19.0 Å². The maximum Gasteiger partial charge on any atom is 0.108 e. The fraction of sp³-hybridized carbons (Fsp3) is 1.00. The second-order valence-corrected chi connectivity index (χ2v) is 6.87. The third-order valence-electron chi connectivity index (χ3n) is 5.03. The van der Waals surface area contributed by atoms with Crippen LogP contribution >= 0.6 is 0 Å². The zero-order valence-corrected chi connectivity index (χ0v) is 12.2. The van der Waals surface area contributed by atoms with Gasteiger partial charge in [-0.1, -0.05) is 13.8 Å². The molecule has 2 fully saturated rings. The van der Waals surface area contributed by atoms with E-state index in [9.17, 15) is 15.3 Å². The molecule has 0 aromatic rings. The maximum atomic E-state index is 9.71. The van der Waals surface area contributed by atoms with Gasteiger partial charge in [-0.25, -0.2) is 0 Å². The minimum absolute atomic E-state index is 0.488. The number of β-amino-alcohol motifs (C(OH)–C–C–N with tert-alkyl or cyclic N) is 2. The molecule has 1 saturated heterocycles. The lowest BCUT2D eigenvalue weighted by Crippen LogP contribution is -2.56. The molecule has 4 nitrogen and oxygen atoms in total. The molecule has 1 heterocycles. The molecular weight excluding hydrogens is 242 g/mol. The van der Waals surface area contributed by atoms with Gasteiger partial charge in [-0.05, 0) is 43.4 Å². The lowest BCUT2D eigenvalue weighted by atomic mass is 9.76. The first-order valence-corrected chi connectivity index (χ1v) is 7.74. The third kappa shape index (κ3) is 3.91. The molecule has 2 rings (SSSR count). The van der Waals surface area contributed by atoms with E-state index in [1.165, 1.54) is 25.7 Å². The van der Waals surface area contributed by atoms with Crippen LogP contribution in [0.15, 0.2) is 0 Å². The Morgan fingerprint density at radius 1 is 0.947 bits per heavy atom. The highest BCUT2D eigenvalue weighted by Crippen LogP contribution is 2.33. The number of rotatable bonds is 3. The van der Waals surface area contributed by atoms with Gasteiger partial charge >= 0.3 is 0 Å². The summed E-state index contributed by atoms with van der Waals surface area (Å²) in [5, 5.41) is 29.0. The first-order chi connectivity index (χ1) is 8.97. The summed E-state index contributed by atoms with van der Waals surface area (Å²) in [7, 11) is 0. The molecule has 0 aromatic heterocycles. The molecule has 1 saturated carbocycles. The average Bonchev–Trinajstić information content (AvgIpc) is 2.36. The first kappa shape index (κ1) is 15.2. The van der Waals surface area contributed by atoms with E-state index in [-0.39, 0.29) is 0 Å². The number of nitrogens with zero attached hydrogens (tertiary/aromatic N) is 1. The summed E-state index contributed by atoms with van der Waals surface area (Å²) in [6, 6.07) is 0. The number of hydrogen-bond donors (Lipinski definition) is 3. The third-order valence-corrected chi connectivity index (χ3v) is 5.03. The van der Waals surface area contributed by atoms with Crippen LogP contribution in [0, 0.1) is 17.8 Å². The predicted octanol–water partition coefficient (Wildman–Crippen LogP) is 0.847. The minimum atomic E-state index is -0.979. The van der Waals surface area contributed by atoms with Crippen molar-refractivity contribution in [2.45, 2.75) is 57.8 Å². The number of aliphatic hydroxyl groups is 3. The summed E-state index contributed by atoms with van der Waals surface area (Å²) in [5.74, 6) is 2.34. The molecule has 0 bridgehead atoms. The highest BCUT2D eigenvalue weighted by Gasteiger charge is 2.34. The van der Waals surface area contributed by atoms with Crippen molar-refractivity contribution in [1.29, 1.82) is 0 Å². The molecule has 19 heavy (non-hydrogen) atoms. The van der Waals surface area contributed by atoms with Crippen molar-refractivity contribution in [3.8, 4) is 0 Å². The topological polar surface area (TPSA) is 63.9 Å². The average molecular weight is 271 g/mol. The highest BCUT2D eigenvalue weighted by molar-refractivity contribution is 4.87. The zero-order chi connectivity index (χ0) is 14.0. The molecule has 0 spiro atoms. The second kappa shape index (κ2) is 6.53. The van der Waals surface area contributed by atoms with Crippen LogP contribution in [0.5, 0.6) is 0 Å². The second-order valence-electron chi connectivity index (χ2n) is 6.87. The van der Waals surface area contributed by atoms with E-state index in [1.54, 1.807) is 0 Å². The lowest BCUT2D eigenvalue weighted by molar-refractivity contribution is -0.112. The summed E-state index contributed by atoms with van der Waals surface area (Å²) in [4.78, 5) is 2.11. The van der Waals surface area contributed by atoms with Gasteiger partial charge in [0.1, 0.15) is 6.10 Å². The van der Waals surface area contributed by atoms with Gasteiger partial charge in [0.25, 0.3) is 0 Å². The Morgan fingerprint density at radius 2 is 1.47 bits per heavy atom. The molecular formula is C15H29NO3. The maximum absolute atomic E-state index is 9.71. The minimum Gasteiger partial charge on any atom is -0.389 e. The highest BCUT2D eigenvalue weighted by atomic mass is 16.4. The number of likely N-dealkylation sites (tertiary alicyclic amines) is 1. The molecule has 1 aliphatic heterocycles. The predicted molar refractivity (Wildman–Crippen MR) is 74.7 cm³/mol. The molecule has 0 radical (unpaired) electrons. The number of piperidine rings is 1. The molecule has 2 aliphatic rings. The molecule has 2 atom stereocenters. The molecule has 3 N–H and O–H groups in total. The fourth-order valence-electron chi connectivity index (χ4n) is 3.63. The Kier molecular flexibility index (Phi) is 5.23. The van der Waals surface area contributed by atoms with E-state index >= 15 is 0 Å². The smallest absolute Gasteiger partial charge is 0.108 e. The molecule has 112 valence electrons. The van der Waals surface area contributed by atoms with Crippen LogP contribution < -0.4 is 0 Å². The fourth-order valence-corrected chi connectivity index (χ4v) is 3.63. The van der Waals surface area contributed by atoms with Crippen molar-refractivity contribution in [3.63, 3.8) is 0 Å². The summed E-state index contributed by atoms with van der Waals surface area (Å²) in [6.07, 6.45) is 2.54. The van der Waals surface area contributed by atoms with E-state index < -0.39 is 18.3 Å². The normalized spacial score (nSPS) is 41.7. The molecule has 0 amide bonds. The standard InChI is InChI=1S/C15H29NO3/c1-10(2)12-5-3-11(4-6-12)7-16-8-13(17)15(19)14(18)9-16/h10-15,17-19H,3-9H2,1-2H3. The Hall–Kier alpha value is -0.160. The Morgan fingerprint density at radius 3 is 1.95 bits per heavy atom. The van der Waals surface area contributed by atoms with Crippen LogP contribution in [-0.2, 0) is 0 Å². The van der Waals surface area contributed by atoms with Crippen molar-refractivity contribution in [2.75, 3.05) is 19.6 Å². The summed E-state index contributed by atoms with van der Waals surface area (Å²) in [5.41, 5.74) is 0. The van der Waals surface area contributed by atoms with E-state index in [1.807, 2.05) is 0 Å². The summed E-state index contributed by atoms with van der Waals surface area (Å²) < 4.78 is 0.